The Hall–Kier alpha value is -5.78. The molecule has 0 saturated heterocycles. The number of fused-ring (bicyclic) bond motifs is 8. The van der Waals surface area contributed by atoms with Crippen LogP contribution in [0.4, 0.5) is 0 Å². The van der Waals surface area contributed by atoms with E-state index in [1.807, 2.05) is 45.9 Å². The van der Waals surface area contributed by atoms with Crippen molar-refractivity contribution in [3.63, 3.8) is 0 Å². The molecule has 1 unspecified atom stereocenters. The minimum atomic E-state index is -0.633. The van der Waals surface area contributed by atoms with Crippen molar-refractivity contribution in [2.45, 2.75) is 65.7 Å². The Morgan fingerprint density at radius 3 is 2.04 bits per heavy atom. The van der Waals surface area contributed by atoms with Gasteiger partial charge in [-0.1, -0.05) is 0 Å². The summed E-state index contributed by atoms with van der Waals surface area (Å²) in [7, 11) is 5.43. The number of ether oxygens (including phenoxy) is 4. The summed E-state index contributed by atoms with van der Waals surface area (Å²) in [4.78, 5) is 67.7. The first-order valence-corrected chi connectivity index (χ1v) is 17.1. The van der Waals surface area contributed by atoms with Crippen LogP contribution in [0, 0.1) is 13.8 Å². The predicted octanol–water partition coefficient (Wildman–Crippen LogP) is 6.70. The Bertz CT molecular complexity index is 2300. The summed E-state index contributed by atoms with van der Waals surface area (Å²) in [6.07, 6.45) is 4.56. The van der Waals surface area contributed by atoms with Gasteiger partial charge in [0.25, 0.3) is 0 Å². The van der Waals surface area contributed by atoms with Crippen molar-refractivity contribution in [2.75, 3.05) is 28.4 Å². The van der Waals surface area contributed by atoms with Crippen LogP contribution in [0.1, 0.15) is 96.0 Å². The molecule has 2 aliphatic heterocycles. The summed E-state index contributed by atoms with van der Waals surface area (Å²) in [5.74, 6) is -2.19. The summed E-state index contributed by atoms with van der Waals surface area (Å²) in [5.41, 5.74) is 13.4. The third kappa shape index (κ3) is 6.44. The van der Waals surface area contributed by atoms with Gasteiger partial charge < -0.3 is 28.9 Å². The summed E-state index contributed by atoms with van der Waals surface area (Å²) in [5, 5.41) is 0. The lowest BCUT2D eigenvalue weighted by Crippen LogP contribution is -2.13. The van der Waals surface area contributed by atoms with Crippen molar-refractivity contribution in [1.82, 2.24) is 19.9 Å². The molecule has 0 radical (unpaired) electrons. The molecule has 0 spiro atoms. The van der Waals surface area contributed by atoms with Gasteiger partial charge in [0.15, 0.2) is 0 Å². The van der Waals surface area contributed by atoms with Crippen LogP contribution in [0.15, 0.2) is 24.3 Å². The van der Waals surface area contributed by atoms with Gasteiger partial charge in [-0.2, -0.15) is 0 Å². The highest BCUT2D eigenvalue weighted by molar-refractivity contribution is 6.03. The highest BCUT2D eigenvalue weighted by Gasteiger charge is 2.40. The second-order valence-electron chi connectivity index (χ2n) is 13.1. The zero-order valence-electron chi connectivity index (χ0n) is 30.7. The smallest absolute Gasteiger partial charge is 0.330 e. The number of H-pyrrole nitrogens is 2. The highest BCUT2D eigenvalue weighted by Crippen LogP contribution is 2.50. The number of allylic oxidation sites excluding steroid dienone is 4. The third-order valence-electron chi connectivity index (χ3n) is 10.3. The van der Waals surface area contributed by atoms with Gasteiger partial charge in [0.1, 0.15) is 0 Å². The molecule has 52 heavy (non-hydrogen) atoms. The van der Waals surface area contributed by atoms with E-state index in [4.69, 9.17) is 28.9 Å². The number of nitrogens with one attached hydrogen (secondary N) is 2. The maximum absolute atomic E-state index is 13.4. The van der Waals surface area contributed by atoms with Gasteiger partial charge in [-0.3, -0.25) is 14.4 Å². The average molecular weight is 707 g/mol. The largest absolute Gasteiger partial charge is 0.469 e. The number of hydrogen-bond donors (Lipinski definition) is 2. The van der Waals surface area contributed by atoms with Crippen molar-refractivity contribution in [2.24, 2.45) is 0 Å². The Morgan fingerprint density at radius 1 is 0.731 bits per heavy atom. The van der Waals surface area contributed by atoms with Crippen LogP contribution < -0.4 is 0 Å². The molecule has 12 heteroatoms. The van der Waals surface area contributed by atoms with Gasteiger partial charge in [0.2, 0.25) is 0 Å². The number of aromatic amines is 2. The predicted molar refractivity (Wildman–Crippen MR) is 197 cm³/mol. The van der Waals surface area contributed by atoms with E-state index >= 15 is 0 Å². The third-order valence-corrected chi connectivity index (χ3v) is 10.3. The number of aromatic nitrogens is 4. The van der Waals surface area contributed by atoms with Gasteiger partial charge in [-0.05, 0) is 110 Å². The number of aryl methyl sites for hydroxylation is 3. The molecule has 0 saturated carbocycles. The minimum absolute atomic E-state index is 0.135. The van der Waals surface area contributed by atoms with E-state index in [1.54, 1.807) is 6.08 Å². The fraction of sp³-hybridized carbons (Fsp3) is 0.350. The van der Waals surface area contributed by atoms with Crippen LogP contribution in [-0.4, -0.2) is 72.3 Å². The molecule has 8 bridgehead atoms. The summed E-state index contributed by atoms with van der Waals surface area (Å²) in [6, 6.07) is 5.90. The van der Waals surface area contributed by atoms with E-state index in [2.05, 4.69) is 9.97 Å². The zero-order chi connectivity index (χ0) is 37.4. The molecule has 6 rings (SSSR count). The van der Waals surface area contributed by atoms with E-state index in [-0.39, 0.29) is 30.7 Å². The molecule has 2 N–H and O–H groups in total. The molecule has 3 aliphatic rings. The number of methoxy groups -OCH3 is 4. The molecular formula is C40H42N4O8. The Kier molecular flexibility index (Phi) is 10.0. The number of hydrogen-bond acceptors (Lipinski definition) is 10. The van der Waals surface area contributed by atoms with Crippen LogP contribution in [0.3, 0.4) is 0 Å². The Labute approximate surface area is 301 Å². The number of nitrogens with zero attached hydrogens (tertiary/aromatic N) is 2. The van der Waals surface area contributed by atoms with Crippen molar-refractivity contribution in [3.8, 4) is 0 Å². The number of esters is 4. The van der Waals surface area contributed by atoms with Crippen LogP contribution in [0.2, 0.25) is 0 Å². The summed E-state index contributed by atoms with van der Waals surface area (Å²) in [6.45, 7) is 7.90. The number of carbonyl (C=O) groups excluding carboxylic acids is 4. The van der Waals surface area contributed by atoms with Crippen molar-refractivity contribution >= 4 is 74.3 Å². The molecule has 0 fully saturated rings. The van der Waals surface area contributed by atoms with E-state index in [9.17, 15) is 19.2 Å². The summed E-state index contributed by atoms with van der Waals surface area (Å²) >= 11 is 0. The van der Waals surface area contributed by atoms with E-state index in [1.165, 1.54) is 34.5 Å². The molecule has 3 aromatic rings. The topological polar surface area (TPSA) is 163 Å². The monoisotopic (exact) mass is 706 g/mol. The van der Waals surface area contributed by atoms with Gasteiger partial charge in [-0.25, -0.2) is 14.8 Å². The zero-order valence-corrected chi connectivity index (χ0v) is 30.7. The lowest BCUT2D eigenvalue weighted by molar-refractivity contribution is -0.142. The van der Waals surface area contributed by atoms with Crippen molar-refractivity contribution in [1.29, 1.82) is 0 Å². The number of carbonyl (C=O) groups is 4. The summed E-state index contributed by atoms with van der Waals surface area (Å²) < 4.78 is 20.1. The average Bonchev–Trinajstić information content (AvgIpc) is 3.90. The maximum Gasteiger partial charge on any atom is 0.330 e. The first-order chi connectivity index (χ1) is 24.9. The Morgan fingerprint density at radius 2 is 1.37 bits per heavy atom. The maximum atomic E-state index is 13.4. The Balaban J connectivity index is 1.77. The van der Waals surface area contributed by atoms with Crippen LogP contribution in [0.25, 0.3) is 50.4 Å². The second-order valence-corrected chi connectivity index (χ2v) is 13.1. The SMILES string of the molecule is COC(=O)/C=C/c1c(C)c2cc3[nH]c(cc4nc(c5c6nc(cc1[nH]2)C(C)=C6CC5C(=O)OC)C(C)=C4CCC(=O)OC)c(CCC(=O)OC)c3C. The minimum Gasteiger partial charge on any atom is -0.469 e. The lowest BCUT2D eigenvalue weighted by atomic mass is 9.95. The normalized spacial score (nSPS) is 15.0. The van der Waals surface area contributed by atoms with Gasteiger partial charge in [0, 0.05) is 52.1 Å². The standard InChI is InChI=1S/C40H42N4O8/c1-19-23(9-12-34(45)49-5)31-17-30-21(3)26-15-27(40(48)52-8)37(39(26)43-30)38-22(4)25(11-14-36(47)51-7)33(44-38)18-32-24(10-13-35(46)50-6)20(2)29(42-32)16-28(19)41-31/h9,12,16-18,27,41-42H,10-11,13-15H2,1-8H3/b12-9+,28-16?,29-16?,30-17?,31-17?,32-18?,33-18?,38-37?. The fourth-order valence-corrected chi connectivity index (χ4v) is 7.30. The molecule has 270 valence electrons. The fourth-order valence-electron chi connectivity index (χ4n) is 7.30. The molecule has 12 nitrogen and oxygen atoms in total. The van der Waals surface area contributed by atoms with Gasteiger partial charge in [-0.15, -0.1) is 0 Å². The van der Waals surface area contributed by atoms with Crippen molar-refractivity contribution in [3.05, 3.63) is 74.9 Å². The molecular weight excluding hydrogens is 664 g/mol. The quantitative estimate of drug-likeness (QED) is 0.139. The van der Waals surface area contributed by atoms with Crippen LogP contribution >= 0.6 is 0 Å². The van der Waals surface area contributed by atoms with E-state index in [0.29, 0.717) is 47.6 Å². The lowest BCUT2D eigenvalue weighted by Gasteiger charge is -2.11. The van der Waals surface area contributed by atoms with E-state index < -0.39 is 11.9 Å². The first kappa shape index (κ1) is 36.0. The molecule has 1 aliphatic carbocycles. The van der Waals surface area contributed by atoms with Crippen molar-refractivity contribution < 1.29 is 38.1 Å². The molecule has 5 heterocycles. The molecule has 1 atom stereocenters. The highest BCUT2D eigenvalue weighted by atomic mass is 16.5. The van der Waals surface area contributed by atoms with E-state index in [0.717, 1.165) is 66.6 Å². The molecule has 3 aromatic heterocycles. The van der Waals surface area contributed by atoms with Gasteiger partial charge >= 0.3 is 23.9 Å². The van der Waals surface area contributed by atoms with Crippen LogP contribution in [0.5, 0.6) is 0 Å². The van der Waals surface area contributed by atoms with Crippen LogP contribution in [-0.2, 0) is 44.5 Å². The second kappa shape index (κ2) is 14.5. The van der Waals surface area contributed by atoms with Gasteiger partial charge in [0.05, 0.1) is 57.1 Å². The first-order valence-electron chi connectivity index (χ1n) is 17.1. The number of rotatable bonds is 9. The molecule has 0 amide bonds. The molecule has 0 aromatic carbocycles.